The number of rotatable bonds is 14. The number of nitrogens with two attached hydrogens (primary N) is 2. The van der Waals surface area contributed by atoms with E-state index in [2.05, 4.69) is 31.3 Å². The number of imide groups is 7. The zero-order valence-electron chi connectivity index (χ0n) is 44.4. The number of amides is 10. The minimum absolute atomic E-state index is 0. The summed E-state index contributed by atoms with van der Waals surface area (Å²) in [6.45, 7) is 0.562. The maximum Gasteiger partial charge on any atom is 0.363 e. The van der Waals surface area contributed by atoms with Crippen molar-refractivity contribution in [2.75, 3.05) is 33.7 Å². The molecule has 10 amide bonds. The van der Waals surface area contributed by atoms with E-state index in [1.807, 2.05) is 0 Å². The number of hydrogen-bond acceptors (Lipinski definition) is 21. The highest BCUT2D eigenvalue weighted by molar-refractivity contribution is 8.00. The first kappa shape index (κ1) is 75.8. The van der Waals surface area contributed by atoms with Crippen LogP contribution in [0.15, 0.2) is 114 Å². The van der Waals surface area contributed by atoms with E-state index in [1.54, 1.807) is 93.5 Å². The number of hydroxylamine groups is 2. The molecular formula is C59H72N10O14S2. The Morgan fingerprint density at radius 2 is 0.929 bits per heavy atom. The largest absolute Gasteiger partial charge is 0.363 e. The van der Waals surface area contributed by atoms with Crippen LogP contribution in [0.1, 0.15) is 145 Å². The summed E-state index contributed by atoms with van der Waals surface area (Å²) in [5, 5.41) is 4.56. The van der Waals surface area contributed by atoms with Crippen molar-refractivity contribution < 1.29 is 67.2 Å². The Morgan fingerprint density at radius 3 is 1.26 bits per heavy atom. The van der Waals surface area contributed by atoms with Gasteiger partial charge < -0.3 is 26.9 Å². The fourth-order valence-electron chi connectivity index (χ4n) is 7.04. The van der Waals surface area contributed by atoms with Crippen LogP contribution < -0.4 is 22.1 Å². The fraction of sp³-hybridized carbons (Fsp3) is 0.288. The molecule has 0 saturated carbocycles. The smallest absolute Gasteiger partial charge is 0.355 e. The van der Waals surface area contributed by atoms with Crippen molar-refractivity contribution in [3.8, 4) is 0 Å². The van der Waals surface area contributed by atoms with E-state index >= 15 is 0 Å². The highest BCUT2D eigenvalue weighted by atomic mass is 32.2. The van der Waals surface area contributed by atoms with Crippen molar-refractivity contribution in [3.05, 3.63) is 165 Å². The van der Waals surface area contributed by atoms with Crippen LogP contribution in [0, 0.1) is 0 Å². The van der Waals surface area contributed by atoms with Gasteiger partial charge in [0.25, 0.3) is 35.4 Å². The normalized spacial score (nSPS) is 14.5. The SMILES string of the molecule is C.C.C.C.CN.CNC(=O)c1ccc(C=NCc2ccc(C(=O)N3C(=O)CC(SC)C3=O)cn2)cc1.CNC(=O)c1ccc(C=O)cc1.CSC1CC(=O)N(C(=O)c2ccc(CN)nc2)C1=O.O=Cc1ccc(C(=O)ON2C(=O)CCC2=O)cc1. The van der Waals surface area contributed by atoms with Crippen LogP contribution in [0.5, 0.6) is 0 Å². The molecular weight excluding hydrogens is 1140 g/mol. The quantitative estimate of drug-likeness (QED) is 0.0600. The first-order valence-electron chi connectivity index (χ1n) is 24.2. The summed E-state index contributed by atoms with van der Waals surface area (Å²) in [6.07, 6.45) is 9.41. The van der Waals surface area contributed by atoms with Gasteiger partial charge in [-0.1, -0.05) is 66.1 Å². The molecule has 5 heterocycles. The molecule has 8 rings (SSSR count). The third-order valence-corrected chi connectivity index (χ3v) is 13.3. The highest BCUT2D eigenvalue weighted by Crippen LogP contribution is 2.26. The lowest BCUT2D eigenvalue weighted by molar-refractivity contribution is -0.172. The molecule has 85 heavy (non-hydrogen) atoms. The number of likely N-dealkylation sites (tertiary alicyclic amines) is 2. The van der Waals surface area contributed by atoms with Gasteiger partial charge in [-0.25, -0.2) is 14.6 Å². The molecule has 3 aliphatic rings. The summed E-state index contributed by atoms with van der Waals surface area (Å²) in [5.74, 6) is -5.32. The van der Waals surface area contributed by atoms with Gasteiger partial charge in [0.05, 0.1) is 45.1 Å². The summed E-state index contributed by atoms with van der Waals surface area (Å²) in [7, 11) is 4.64. The number of aldehydes is 2. The summed E-state index contributed by atoms with van der Waals surface area (Å²) >= 11 is 2.53. The van der Waals surface area contributed by atoms with Crippen LogP contribution in [0.3, 0.4) is 0 Å². The molecule has 2 unspecified atom stereocenters. The third kappa shape index (κ3) is 20.9. The number of carbonyl (C=O) groups is 13. The van der Waals surface area contributed by atoms with E-state index < -0.39 is 63.7 Å². The van der Waals surface area contributed by atoms with E-state index in [0.717, 1.165) is 11.8 Å². The molecule has 3 aromatic carbocycles. The Labute approximate surface area is 502 Å². The van der Waals surface area contributed by atoms with Crippen molar-refractivity contribution in [3.63, 3.8) is 0 Å². The molecule has 3 saturated heterocycles. The maximum atomic E-state index is 12.5. The van der Waals surface area contributed by atoms with Gasteiger partial charge in [0, 0.05) is 87.2 Å². The lowest BCUT2D eigenvalue weighted by Gasteiger charge is -2.12. The summed E-state index contributed by atoms with van der Waals surface area (Å²) in [5.41, 5.74) is 14.7. The molecule has 24 nitrogen and oxygen atoms in total. The van der Waals surface area contributed by atoms with Crippen LogP contribution in [0.2, 0.25) is 0 Å². The van der Waals surface area contributed by atoms with Crippen molar-refractivity contribution >= 4 is 107 Å². The zero-order valence-corrected chi connectivity index (χ0v) is 46.0. The van der Waals surface area contributed by atoms with Gasteiger partial charge in [-0.2, -0.15) is 23.5 Å². The Kier molecular flexibility index (Phi) is 33.7. The van der Waals surface area contributed by atoms with Gasteiger partial charge in [-0.05, 0) is 85.8 Å². The zero-order chi connectivity index (χ0) is 59.8. The Morgan fingerprint density at radius 1 is 0.565 bits per heavy atom. The fourth-order valence-corrected chi connectivity index (χ4v) is 8.27. The molecule has 3 fully saturated rings. The van der Waals surface area contributed by atoms with Gasteiger partial charge in [0.15, 0.2) is 0 Å². The second-order valence-corrected chi connectivity index (χ2v) is 18.7. The molecule has 0 spiro atoms. The molecule has 0 aliphatic carbocycles. The summed E-state index contributed by atoms with van der Waals surface area (Å²) in [6, 6.07) is 25.4. The number of carbonyl (C=O) groups excluding carboxylic acids is 13. The van der Waals surface area contributed by atoms with Crippen LogP contribution in [-0.4, -0.2) is 153 Å². The van der Waals surface area contributed by atoms with Crippen LogP contribution in [0.4, 0.5) is 0 Å². The van der Waals surface area contributed by atoms with Gasteiger partial charge >= 0.3 is 5.97 Å². The first-order valence-corrected chi connectivity index (χ1v) is 26.8. The average Bonchev–Trinajstić information content (AvgIpc) is 4.27. The van der Waals surface area contributed by atoms with Crippen LogP contribution >= 0.6 is 23.5 Å². The number of thioether (sulfide) groups is 2. The number of hydrogen-bond donors (Lipinski definition) is 4. The predicted molar refractivity (Wildman–Crippen MR) is 324 cm³/mol. The first-order chi connectivity index (χ1) is 38.9. The third-order valence-electron chi connectivity index (χ3n) is 11.4. The maximum absolute atomic E-state index is 12.5. The van der Waals surface area contributed by atoms with E-state index in [4.69, 9.17) is 10.6 Å². The Balaban J connectivity index is 0.00000113. The molecule has 5 aromatic rings. The summed E-state index contributed by atoms with van der Waals surface area (Å²) in [4.78, 5) is 168. The highest BCUT2D eigenvalue weighted by Gasteiger charge is 2.43. The number of aliphatic imine (C=N–C) groups is 1. The Bertz CT molecular complexity index is 3150. The van der Waals surface area contributed by atoms with Crippen molar-refractivity contribution in [1.29, 1.82) is 0 Å². The van der Waals surface area contributed by atoms with E-state index in [1.165, 1.54) is 79.4 Å². The second-order valence-electron chi connectivity index (χ2n) is 16.6. The molecule has 3 aliphatic heterocycles. The lowest BCUT2D eigenvalue weighted by atomic mass is 10.1. The molecule has 0 bridgehead atoms. The molecule has 26 heteroatoms. The summed E-state index contributed by atoms with van der Waals surface area (Å²) < 4.78 is 0. The van der Waals surface area contributed by atoms with Crippen molar-refractivity contribution in [2.24, 2.45) is 16.5 Å². The minimum atomic E-state index is -0.809. The number of nitrogens with one attached hydrogen (secondary N) is 2. The van der Waals surface area contributed by atoms with Gasteiger partial charge in [0.2, 0.25) is 23.6 Å². The van der Waals surface area contributed by atoms with E-state index in [-0.39, 0.29) is 90.4 Å². The van der Waals surface area contributed by atoms with Gasteiger partial charge in [0.1, 0.15) is 12.6 Å². The Hall–Kier alpha value is -9.24. The second kappa shape index (κ2) is 37.8. The number of aromatic nitrogens is 2. The number of pyridine rings is 2. The van der Waals surface area contributed by atoms with E-state index in [0.29, 0.717) is 61.3 Å². The van der Waals surface area contributed by atoms with Crippen LogP contribution in [-0.2, 0) is 46.7 Å². The van der Waals surface area contributed by atoms with Crippen molar-refractivity contribution in [1.82, 2.24) is 35.5 Å². The molecule has 454 valence electrons. The van der Waals surface area contributed by atoms with Gasteiger partial charge in [-0.3, -0.25) is 72.5 Å². The molecule has 2 aromatic heterocycles. The van der Waals surface area contributed by atoms with E-state index in [9.17, 15) is 62.3 Å². The number of benzene rings is 3. The van der Waals surface area contributed by atoms with Crippen molar-refractivity contribution in [2.45, 2.75) is 79.0 Å². The average molecular weight is 1210 g/mol. The predicted octanol–water partition coefficient (Wildman–Crippen LogP) is 5.56. The number of nitrogens with zero attached hydrogens (tertiary/aromatic N) is 6. The standard InChI is InChI=1S/C21H20N4O4S.C12H13N3O3S.C12H9NO5.C9H9NO2.CH5N.4CH4/c1-22-19(27)14-5-3-13(4-6-14)10-23-12-16-8-7-15(11-24-16)20(28)25-18(26)9-17(30-2)21(25)29;1-19-9-4-10(16)15(12(9)18)11(17)7-2-3-8(5-13)14-6-7;14-7-8-1-3-9(4-2-8)12(17)18-13-10(15)5-6-11(13)16;1-10-9(12)8-4-2-7(6-11)3-5-8;1-2;;;;/h3-8,10-11,17H,9,12H2,1-2H3,(H,22,27);2-3,6,9H,4-5,13H2,1H3;1-4,7H,5-6H2;2-6H,1H3,(H,10,12);2H2,1H3;4*1H4. The molecule has 2 atom stereocenters. The molecule has 0 radical (unpaired) electrons. The van der Waals surface area contributed by atoms with Gasteiger partial charge in [-0.15, -0.1) is 5.06 Å². The lowest BCUT2D eigenvalue weighted by Crippen LogP contribution is -2.37. The topological polar surface area (TPSA) is 355 Å². The monoisotopic (exact) mass is 1210 g/mol. The minimum Gasteiger partial charge on any atom is -0.355 e. The van der Waals surface area contributed by atoms with Crippen LogP contribution in [0.25, 0.3) is 0 Å². The molecule has 6 N–H and O–H groups in total.